The maximum absolute atomic E-state index is 13.2. The van der Waals surface area contributed by atoms with Gasteiger partial charge in [-0.15, -0.1) is 0 Å². The molecule has 0 spiro atoms. The lowest BCUT2D eigenvalue weighted by molar-refractivity contribution is 0.00578. The summed E-state index contributed by atoms with van der Waals surface area (Å²) in [6, 6.07) is 16.2. The maximum atomic E-state index is 13.2. The Morgan fingerprint density at radius 3 is 2.23 bits per heavy atom. The Hall–Kier alpha value is -4.22. The fourth-order valence-electron chi connectivity index (χ4n) is 4.44. The van der Waals surface area contributed by atoms with Gasteiger partial charge in [0, 0.05) is 24.5 Å². The quantitative estimate of drug-likeness (QED) is 0.383. The van der Waals surface area contributed by atoms with Crippen molar-refractivity contribution < 1.29 is 14.1 Å². The maximum Gasteiger partial charge on any atom is 0.516 e. The molecule has 200 valence electrons. The minimum Gasteiger partial charge on any atom is -0.398 e. The van der Waals surface area contributed by atoms with Crippen molar-refractivity contribution in [1.82, 2.24) is 19.3 Å². The van der Waals surface area contributed by atoms with Crippen LogP contribution in [0, 0.1) is 6.92 Å². The Morgan fingerprint density at radius 2 is 1.62 bits per heavy atom. The molecule has 0 atom stereocenters. The van der Waals surface area contributed by atoms with Gasteiger partial charge in [0.2, 0.25) is 0 Å². The van der Waals surface area contributed by atoms with Gasteiger partial charge in [-0.05, 0) is 58.9 Å². The van der Waals surface area contributed by atoms with E-state index < -0.39 is 29.8 Å². The van der Waals surface area contributed by atoms with Crippen LogP contribution in [0.3, 0.4) is 0 Å². The third kappa shape index (κ3) is 4.64. The molecule has 3 heterocycles. The highest BCUT2D eigenvalue weighted by atomic mass is 16.7. The lowest BCUT2D eigenvalue weighted by atomic mass is 9.85. The number of nitrogen functional groups attached to an aromatic ring is 1. The summed E-state index contributed by atoms with van der Waals surface area (Å²) in [6.45, 7) is 9.63. The first-order valence-electron chi connectivity index (χ1n) is 12.6. The number of nitrogens with one attached hydrogen (secondary N) is 1. The van der Waals surface area contributed by atoms with Crippen LogP contribution in [-0.2, 0) is 16.4 Å². The molecule has 1 aliphatic rings. The number of nitrogens with zero attached hydrogens (tertiary/aromatic N) is 4. The third-order valence-electron chi connectivity index (χ3n) is 7.51. The van der Waals surface area contributed by atoms with Crippen LogP contribution >= 0.6 is 0 Å². The Labute approximate surface area is 226 Å². The first-order valence-corrected chi connectivity index (χ1v) is 12.6. The summed E-state index contributed by atoms with van der Waals surface area (Å²) in [5.41, 5.74) is 8.28. The number of carbonyl (C=O) groups excluding carboxylic acids is 1. The summed E-state index contributed by atoms with van der Waals surface area (Å²) in [7, 11) is 1.08. The molecule has 0 radical (unpaired) electrons. The molecule has 2 aromatic heterocycles. The van der Waals surface area contributed by atoms with Crippen molar-refractivity contribution in [2.75, 3.05) is 11.1 Å². The van der Waals surface area contributed by atoms with Gasteiger partial charge in [-0.1, -0.05) is 30.3 Å². The zero-order chi connectivity index (χ0) is 28.1. The topological polar surface area (TPSA) is 126 Å². The molecule has 3 N–H and O–H groups in total. The lowest BCUT2D eigenvalue weighted by Gasteiger charge is -2.32. The molecule has 10 nitrogen and oxygen atoms in total. The first-order chi connectivity index (χ1) is 18.4. The molecule has 0 unspecified atom stereocenters. The molecule has 5 rings (SSSR count). The number of rotatable bonds is 5. The molecule has 1 fully saturated rings. The van der Waals surface area contributed by atoms with Crippen LogP contribution in [0.25, 0.3) is 16.9 Å². The number of anilines is 2. The van der Waals surface area contributed by atoms with Gasteiger partial charge < -0.3 is 20.4 Å². The van der Waals surface area contributed by atoms with E-state index in [-0.39, 0.29) is 11.4 Å². The number of carbonyl (C=O) groups is 1. The SMILES string of the molecule is Cc1c(C(=O)Nc2ccc(-c3nc(B4OC(C)(C)C(C)(C)O4)cnc3N)cc2)c(=O)n(-c2ccccc2)n1C. The molecule has 1 saturated heterocycles. The molecule has 0 saturated carbocycles. The van der Waals surface area contributed by atoms with Crippen LogP contribution in [0.15, 0.2) is 65.6 Å². The molecule has 0 aliphatic carbocycles. The summed E-state index contributed by atoms with van der Waals surface area (Å²) in [5, 5.41) is 2.83. The van der Waals surface area contributed by atoms with Gasteiger partial charge in [0.05, 0.1) is 28.2 Å². The minimum absolute atomic E-state index is 0.0793. The number of para-hydroxylation sites is 1. The van der Waals surface area contributed by atoms with E-state index in [1.807, 2.05) is 58.0 Å². The normalized spacial score (nSPS) is 15.9. The largest absolute Gasteiger partial charge is 0.516 e. The smallest absolute Gasteiger partial charge is 0.398 e. The number of benzene rings is 2. The van der Waals surface area contributed by atoms with Gasteiger partial charge in [0.1, 0.15) is 17.1 Å². The van der Waals surface area contributed by atoms with Gasteiger partial charge in [-0.2, -0.15) is 0 Å². The van der Waals surface area contributed by atoms with E-state index in [4.69, 9.17) is 15.0 Å². The molecule has 1 amide bonds. The predicted molar refractivity (Wildman–Crippen MR) is 151 cm³/mol. The van der Waals surface area contributed by atoms with E-state index in [0.29, 0.717) is 33.9 Å². The number of hydrogen-bond acceptors (Lipinski definition) is 7. The minimum atomic E-state index is -0.672. The summed E-state index contributed by atoms with van der Waals surface area (Å²) in [4.78, 5) is 35.3. The van der Waals surface area contributed by atoms with Crippen molar-refractivity contribution in [3.8, 4) is 16.9 Å². The molecular weight excluding hydrogens is 495 g/mol. The van der Waals surface area contributed by atoms with Gasteiger partial charge in [0.25, 0.3) is 11.5 Å². The van der Waals surface area contributed by atoms with E-state index in [9.17, 15) is 9.59 Å². The second-order valence-corrected chi connectivity index (χ2v) is 10.6. The van der Waals surface area contributed by atoms with E-state index in [0.717, 1.165) is 0 Å². The van der Waals surface area contributed by atoms with Crippen molar-refractivity contribution >= 4 is 30.1 Å². The number of aromatic nitrogens is 4. The van der Waals surface area contributed by atoms with Crippen LogP contribution < -0.4 is 22.2 Å². The Kier molecular flexibility index (Phi) is 6.44. The summed E-state index contributed by atoms with van der Waals surface area (Å²) >= 11 is 0. The predicted octanol–water partition coefficient (Wildman–Crippen LogP) is 3.08. The highest BCUT2D eigenvalue weighted by molar-refractivity contribution is 6.61. The van der Waals surface area contributed by atoms with Crippen LogP contribution in [0.5, 0.6) is 0 Å². The number of nitrogens with two attached hydrogens (primary N) is 1. The molecule has 11 heteroatoms. The van der Waals surface area contributed by atoms with Crippen LogP contribution in [0.2, 0.25) is 0 Å². The average molecular weight is 526 g/mol. The second-order valence-electron chi connectivity index (χ2n) is 10.6. The van der Waals surface area contributed by atoms with Crippen molar-refractivity contribution in [2.24, 2.45) is 7.05 Å². The second kappa shape index (κ2) is 9.51. The summed E-state index contributed by atoms with van der Waals surface area (Å²) in [6.07, 6.45) is 1.56. The van der Waals surface area contributed by atoms with Gasteiger partial charge in [0.15, 0.2) is 0 Å². The van der Waals surface area contributed by atoms with Crippen molar-refractivity contribution in [3.05, 3.63) is 82.4 Å². The first kappa shape index (κ1) is 26.4. The van der Waals surface area contributed by atoms with E-state index >= 15 is 0 Å². The van der Waals surface area contributed by atoms with Crippen LogP contribution in [-0.4, -0.2) is 43.6 Å². The fraction of sp³-hybridized carbons (Fsp3) is 0.286. The standard InChI is InChI=1S/C28H31BN6O4/c1-17-22(26(37)35(34(17)6)20-10-8-7-9-11-20)25(36)32-19-14-12-18(13-15-19)23-24(30)31-16-21(33-23)29-38-27(2,3)28(4,5)39-29/h7-16H,1-6H3,(H2,30,31)(H,32,36). The zero-order valence-corrected chi connectivity index (χ0v) is 22.9. The fourth-order valence-corrected chi connectivity index (χ4v) is 4.44. The molecule has 2 aromatic carbocycles. The Bertz CT molecular complexity index is 1590. The van der Waals surface area contributed by atoms with Crippen molar-refractivity contribution in [1.29, 1.82) is 0 Å². The van der Waals surface area contributed by atoms with Crippen molar-refractivity contribution in [2.45, 2.75) is 45.8 Å². The molecule has 1 aliphatic heterocycles. The zero-order valence-electron chi connectivity index (χ0n) is 22.9. The van der Waals surface area contributed by atoms with E-state index in [2.05, 4.69) is 15.3 Å². The monoisotopic (exact) mass is 526 g/mol. The number of hydrogen-bond donors (Lipinski definition) is 2. The Balaban J connectivity index is 1.38. The Morgan fingerprint density at radius 1 is 1.00 bits per heavy atom. The van der Waals surface area contributed by atoms with Crippen LogP contribution in [0.1, 0.15) is 43.7 Å². The van der Waals surface area contributed by atoms with Gasteiger partial charge in [-0.25, -0.2) is 9.67 Å². The highest BCUT2D eigenvalue weighted by Crippen LogP contribution is 2.36. The van der Waals surface area contributed by atoms with Crippen molar-refractivity contribution in [3.63, 3.8) is 0 Å². The van der Waals surface area contributed by atoms with Gasteiger partial charge in [-0.3, -0.25) is 19.3 Å². The van der Waals surface area contributed by atoms with Gasteiger partial charge >= 0.3 is 7.12 Å². The molecule has 39 heavy (non-hydrogen) atoms. The third-order valence-corrected chi connectivity index (χ3v) is 7.51. The molecular formula is C28H31BN6O4. The molecule has 0 bridgehead atoms. The van der Waals surface area contributed by atoms with E-state index in [1.54, 1.807) is 49.1 Å². The lowest BCUT2D eigenvalue weighted by Crippen LogP contribution is -2.41. The van der Waals surface area contributed by atoms with E-state index in [1.165, 1.54) is 4.68 Å². The molecule has 4 aromatic rings. The summed E-state index contributed by atoms with van der Waals surface area (Å²) in [5.74, 6) is -0.231. The highest BCUT2D eigenvalue weighted by Gasteiger charge is 2.52. The van der Waals surface area contributed by atoms with Crippen LogP contribution in [0.4, 0.5) is 11.5 Å². The average Bonchev–Trinajstić information content (AvgIpc) is 3.25. The number of amides is 1. The summed E-state index contributed by atoms with van der Waals surface area (Å²) < 4.78 is 15.3.